The molecule has 0 saturated carbocycles. The Balaban J connectivity index is 2.27. The molecule has 0 spiro atoms. The summed E-state index contributed by atoms with van der Waals surface area (Å²) in [6.07, 6.45) is 1.48. The molecule has 0 atom stereocenters. The van der Waals surface area contributed by atoms with Crippen LogP contribution in [-0.4, -0.2) is 21.2 Å². The van der Waals surface area contributed by atoms with Gasteiger partial charge in [0.1, 0.15) is 5.75 Å². The number of hydrogen-bond donors (Lipinski definition) is 1. The second-order valence-electron chi connectivity index (χ2n) is 3.74. The Bertz CT molecular complexity index is 511. The predicted octanol–water partition coefficient (Wildman–Crippen LogP) is 2.92. The Morgan fingerprint density at radius 1 is 1.35 bits per heavy atom. The van der Waals surface area contributed by atoms with E-state index in [1.165, 1.54) is 0 Å². The highest BCUT2D eigenvalue weighted by molar-refractivity contribution is 6.17. The Hall–Kier alpha value is -1.55. The highest BCUT2D eigenvalue weighted by atomic mass is 35.5. The Kier molecular flexibility index (Phi) is 3.64. The molecule has 0 bridgehead atoms. The Morgan fingerprint density at radius 3 is 2.94 bits per heavy atom. The van der Waals surface area contributed by atoms with Crippen LogP contribution in [0.2, 0.25) is 0 Å². The molecule has 0 unspecified atom stereocenters. The smallest absolute Gasteiger partial charge is 0.248 e. The molecule has 4 nitrogen and oxygen atoms in total. The standard InChI is InChI=1S/C12H13ClN2O2/c1-8-9(4-2-5-10(8)16)12-15-14-11(17-12)6-3-7-13/h2,4-5,16H,3,6-7H2,1H3. The highest BCUT2D eigenvalue weighted by Crippen LogP contribution is 2.28. The Morgan fingerprint density at radius 2 is 2.18 bits per heavy atom. The molecule has 0 aliphatic heterocycles. The normalized spacial score (nSPS) is 10.7. The number of phenolic OH excluding ortho intramolecular Hbond substituents is 1. The summed E-state index contributed by atoms with van der Waals surface area (Å²) < 4.78 is 5.52. The van der Waals surface area contributed by atoms with Gasteiger partial charge in [0.2, 0.25) is 11.8 Å². The number of aryl methyl sites for hydroxylation is 1. The zero-order valence-corrected chi connectivity index (χ0v) is 10.2. The maximum atomic E-state index is 9.60. The van der Waals surface area contributed by atoms with Crippen molar-refractivity contribution in [1.29, 1.82) is 0 Å². The molecule has 0 aliphatic carbocycles. The molecular weight excluding hydrogens is 240 g/mol. The number of aromatic hydroxyl groups is 1. The number of halogens is 1. The van der Waals surface area contributed by atoms with Crippen LogP contribution in [0.5, 0.6) is 5.75 Å². The highest BCUT2D eigenvalue weighted by Gasteiger charge is 2.12. The van der Waals surface area contributed by atoms with Crippen LogP contribution in [0.3, 0.4) is 0 Å². The molecule has 1 aromatic heterocycles. The monoisotopic (exact) mass is 252 g/mol. The first kappa shape index (κ1) is 11.9. The van der Waals surface area contributed by atoms with E-state index in [0.717, 1.165) is 17.5 Å². The van der Waals surface area contributed by atoms with E-state index >= 15 is 0 Å². The fourth-order valence-electron chi connectivity index (χ4n) is 1.54. The van der Waals surface area contributed by atoms with Gasteiger partial charge in [0.15, 0.2) is 0 Å². The summed E-state index contributed by atoms with van der Waals surface area (Å²) in [7, 11) is 0. The van der Waals surface area contributed by atoms with E-state index in [2.05, 4.69) is 10.2 Å². The van der Waals surface area contributed by atoms with Crippen LogP contribution in [-0.2, 0) is 6.42 Å². The second-order valence-corrected chi connectivity index (χ2v) is 4.12. The van der Waals surface area contributed by atoms with Crippen molar-refractivity contribution in [2.45, 2.75) is 19.8 Å². The van der Waals surface area contributed by atoms with Crippen molar-refractivity contribution >= 4 is 11.6 Å². The fraction of sp³-hybridized carbons (Fsp3) is 0.333. The van der Waals surface area contributed by atoms with Crippen LogP contribution in [0.4, 0.5) is 0 Å². The lowest BCUT2D eigenvalue weighted by atomic mass is 10.1. The lowest BCUT2D eigenvalue weighted by Crippen LogP contribution is -1.85. The third kappa shape index (κ3) is 2.58. The summed E-state index contributed by atoms with van der Waals surface area (Å²) in [4.78, 5) is 0. The summed E-state index contributed by atoms with van der Waals surface area (Å²) in [5.74, 6) is 1.80. The number of nitrogens with zero attached hydrogens (tertiary/aromatic N) is 2. The lowest BCUT2D eigenvalue weighted by molar-refractivity contribution is 0.469. The van der Waals surface area contributed by atoms with Crippen molar-refractivity contribution in [3.63, 3.8) is 0 Å². The average molecular weight is 253 g/mol. The summed E-state index contributed by atoms with van der Waals surface area (Å²) in [5, 5.41) is 17.5. The molecule has 1 heterocycles. The first-order chi connectivity index (χ1) is 8.22. The number of hydrogen-bond acceptors (Lipinski definition) is 4. The molecule has 17 heavy (non-hydrogen) atoms. The van der Waals surface area contributed by atoms with Gasteiger partial charge in [0.25, 0.3) is 0 Å². The first-order valence-corrected chi connectivity index (χ1v) is 5.93. The molecule has 0 aliphatic rings. The van der Waals surface area contributed by atoms with Gasteiger partial charge in [0, 0.05) is 23.4 Å². The third-order valence-electron chi connectivity index (χ3n) is 2.53. The number of benzene rings is 1. The van der Waals surface area contributed by atoms with E-state index in [9.17, 15) is 5.11 Å². The van der Waals surface area contributed by atoms with Crippen molar-refractivity contribution in [1.82, 2.24) is 10.2 Å². The zero-order valence-electron chi connectivity index (χ0n) is 9.48. The van der Waals surface area contributed by atoms with Gasteiger partial charge >= 0.3 is 0 Å². The first-order valence-electron chi connectivity index (χ1n) is 5.39. The van der Waals surface area contributed by atoms with Gasteiger partial charge in [-0.1, -0.05) is 6.07 Å². The van der Waals surface area contributed by atoms with E-state index in [1.54, 1.807) is 12.1 Å². The second kappa shape index (κ2) is 5.19. The van der Waals surface area contributed by atoms with E-state index in [-0.39, 0.29) is 5.75 Å². The van der Waals surface area contributed by atoms with E-state index in [0.29, 0.717) is 24.1 Å². The minimum Gasteiger partial charge on any atom is -0.508 e. The quantitative estimate of drug-likeness (QED) is 0.850. The number of aromatic nitrogens is 2. The molecule has 1 N–H and O–H groups in total. The van der Waals surface area contributed by atoms with E-state index in [4.69, 9.17) is 16.0 Å². The summed E-state index contributed by atoms with van der Waals surface area (Å²) in [5.41, 5.74) is 1.50. The van der Waals surface area contributed by atoms with Crippen LogP contribution in [0.25, 0.3) is 11.5 Å². The van der Waals surface area contributed by atoms with Gasteiger partial charge in [-0.15, -0.1) is 21.8 Å². The molecule has 2 rings (SSSR count). The molecule has 90 valence electrons. The number of alkyl halides is 1. The van der Waals surface area contributed by atoms with Gasteiger partial charge in [-0.05, 0) is 25.5 Å². The lowest BCUT2D eigenvalue weighted by Gasteiger charge is -2.02. The molecule has 0 radical (unpaired) electrons. The van der Waals surface area contributed by atoms with Crippen molar-refractivity contribution in [2.75, 3.05) is 5.88 Å². The molecule has 1 aromatic carbocycles. The molecule has 2 aromatic rings. The summed E-state index contributed by atoms with van der Waals surface area (Å²) >= 11 is 5.60. The summed E-state index contributed by atoms with van der Waals surface area (Å²) in [6, 6.07) is 5.22. The average Bonchev–Trinajstić information content (AvgIpc) is 2.78. The van der Waals surface area contributed by atoms with Gasteiger partial charge in [-0.2, -0.15) is 0 Å². The maximum Gasteiger partial charge on any atom is 0.248 e. The molecule has 0 fully saturated rings. The molecule has 0 amide bonds. The van der Waals surface area contributed by atoms with Crippen LogP contribution in [0, 0.1) is 6.92 Å². The minimum absolute atomic E-state index is 0.225. The zero-order chi connectivity index (χ0) is 12.3. The van der Waals surface area contributed by atoms with Gasteiger partial charge in [-0.3, -0.25) is 0 Å². The fourth-order valence-corrected chi connectivity index (χ4v) is 1.67. The summed E-state index contributed by atoms with van der Waals surface area (Å²) in [6.45, 7) is 1.81. The van der Waals surface area contributed by atoms with Gasteiger partial charge in [-0.25, -0.2) is 0 Å². The van der Waals surface area contributed by atoms with Crippen molar-refractivity contribution < 1.29 is 9.52 Å². The molecule has 0 saturated heterocycles. The predicted molar refractivity (Wildman–Crippen MR) is 65.2 cm³/mol. The molecule has 5 heteroatoms. The van der Waals surface area contributed by atoms with E-state index < -0.39 is 0 Å². The third-order valence-corrected chi connectivity index (χ3v) is 2.79. The van der Waals surface area contributed by atoms with Crippen molar-refractivity contribution in [3.8, 4) is 17.2 Å². The largest absolute Gasteiger partial charge is 0.508 e. The minimum atomic E-state index is 0.225. The molecular formula is C12H13ClN2O2. The van der Waals surface area contributed by atoms with Crippen molar-refractivity contribution in [2.24, 2.45) is 0 Å². The topological polar surface area (TPSA) is 59.2 Å². The van der Waals surface area contributed by atoms with E-state index in [1.807, 2.05) is 13.0 Å². The van der Waals surface area contributed by atoms with Gasteiger partial charge < -0.3 is 9.52 Å². The number of rotatable bonds is 4. The maximum absolute atomic E-state index is 9.60. The SMILES string of the molecule is Cc1c(O)cccc1-c1nnc(CCCCl)o1. The van der Waals surface area contributed by atoms with Crippen LogP contribution < -0.4 is 0 Å². The van der Waals surface area contributed by atoms with Crippen LogP contribution in [0.15, 0.2) is 22.6 Å². The van der Waals surface area contributed by atoms with Gasteiger partial charge in [0.05, 0.1) is 0 Å². The van der Waals surface area contributed by atoms with Crippen LogP contribution in [0.1, 0.15) is 17.9 Å². The van der Waals surface area contributed by atoms with Crippen LogP contribution >= 0.6 is 11.6 Å². The number of phenols is 1. The van der Waals surface area contributed by atoms with Crippen molar-refractivity contribution in [3.05, 3.63) is 29.7 Å². The Labute approximate surface area is 104 Å².